The van der Waals surface area contributed by atoms with Crippen molar-refractivity contribution in [2.24, 2.45) is 4.99 Å². The third-order valence-corrected chi connectivity index (χ3v) is 9.09. The summed E-state index contributed by atoms with van der Waals surface area (Å²) in [6.07, 6.45) is 1.76. The monoisotopic (exact) mass is 751 g/mol. The highest BCUT2D eigenvalue weighted by Crippen LogP contribution is 2.38. The van der Waals surface area contributed by atoms with Crippen LogP contribution in [0, 0.1) is 14.9 Å². The average molecular weight is 752 g/mol. The molecule has 1 aliphatic rings. The Kier molecular flexibility index (Phi) is 10.1. The molecule has 5 rings (SSSR count). The van der Waals surface area contributed by atoms with Crippen LogP contribution >= 0.6 is 33.9 Å². The number of hydrogen-bond acceptors (Lipinski definition) is 10. The number of carbonyl (C=O) groups is 1. The Morgan fingerprint density at radius 3 is 2.54 bits per heavy atom. The number of allylic oxidation sites excluding steroid dienone is 1. The van der Waals surface area contributed by atoms with Gasteiger partial charge in [-0.05, 0) is 84.5 Å². The molecule has 4 aromatic rings. The Morgan fingerprint density at radius 1 is 1.09 bits per heavy atom. The molecule has 0 saturated carbocycles. The van der Waals surface area contributed by atoms with E-state index in [1.165, 1.54) is 23.0 Å². The highest BCUT2D eigenvalue weighted by Gasteiger charge is 2.35. The highest BCUT2D eigenvalue weighted by atomic mass is 127. The minimum Gasteiger partial charge on any atom is -0.497 e. The van der Waals surface area contributed by atoms with Gasteiger partial charge in [0, 0.05) is 11.1 Å². The molecule has 1 atom stereocenters. The summed E-state index contributed by atoms with van der Waals surface area (Å²) in [5.74, 6) is 1.44. The number of hydrogen-bond donors (Lipinski definition) is 0. The third-order valence-electron chi connectivity index (χ3n) is 7.31. The van der Waals surface area contributed by atoms with Gasteiger partial charge in [0.15, 0.2) is 16.3 Å². The molecule has 10 nitrogen and oxygen atoms in total. The van der Waals surface area contributed by atoms with E-state index in [9.17, 15) is 14.9 Å². The van der Waals surface area contributed by atoms with Crippen molar-refractivity contribution in [1.29, 1.82) is 5.26 Å². The Hall–Kier alpha value is -4.61. The van der Waals surface area contributed by atoms with Gasteiger partial charge in [-0.2, -0.15) is 5.26 Å². The molecule has 0 bridgehead atoms. The normalized spacial score (nSPS) is 14.2. The van der Waals surface area contributed by atoms with Gasteiger partial charge in [-0.3, -0.25) is 9.36 Å². The molecule has 0 aliphatic carbocycles. The van der Waals surface area contributed by atoms with Crippen molar-refractivity contribution in [3.8, 4) is 29.1 Å². The van der Waals surface area contributed by atoms with Crippen molar-refractivity contribution in [2.75, 3.05) is 27.9 Å². The van der Waals surface area contributed by atoms with E-state index in [1.54, 1.807) is 70.5 Å². The summed E-state index contributed by atoms with van der Waals surface area (Å²) in [6, 6.07) is 17.4. The number of benzene rings is 3. The number of esters is 1. The summed E-state index contributed by atoms with van der Waals surface area (Å²) < 4.78 is 31.0. The quantitative estimate of drug-likeness (QED) is 0.166. The van der Waals surface area contributed by atoms with Gasteiger partial charge in [0.25, 0.3) is 5.56 Å². The van der Waals surface area contributed by atoms with Crippen LogP contribution in [0.15, 0.2) is 75.7 Å². The van der Waals surface area contributed by atoms with Crippen LogP contribution in [-0.2, 0) is 16.1 Å². The molecule has 1 aliphatic heterocycles. The number of halogens is 1. The third kappa shape index (κ3) is 6.38. The second kappa shape index (κ2) is 14.2. The average Bonchev–Trinajstić information content (AvgIpc) is 3.36. The summed E-state index contributed by atoms with van der Waals surface area (Å²) in [7, 11) is 4.61. The zero-order valence-electron chi connectivity index (χ0n) is 25.8. The van der Waals surface area contributed by atoms with E-state index in [-0.39, 0.29) is 24.3 Å². The fourth-order valence-electron chi connectivity index (χ4n) is 5.16. The number of carbonyl (C=O) groups excluding carboxylic acids is 1. The van der Waals surface area contributed by atoms with Crippen molar-refractivity contribution in [2.45, 2.75) is 26.5 Å². The first kappa shape index (κ1) is 32.8. The lowest BCUT2D eigenvalue weighted by Gasteiger charge is -2.26. The molecule has 1 aromatic heterocycles. The van der Waals surface area contributed by atoms with E-state index < -0.39 is 12.0 Å². The minimum atomic E-state index is -0.871. The van der Waals surface area contributed by atoms with Crippen LogP contribution in [0.2, 0.25) is 0 Å². The van der Waals surface area contributed by atoms with Crippen molar-refractivity contribution >= 4 is 46.0 Å². The number of fused-ring (bicyclic) bond motifs is 1. The number of nitrogens with zero attached hydrogens (tertiary/aromatic N) is 3. The second-order valence-electron chi connectivity index (χ2n) is 10.0. The van der Waals surface area contributed by atoms with Crippen molar-refractivity contribution in [1.82, 2.24) is 4.57 Å². The molecular weight excluding hydrogens is 721 g/mol. The fraction of sp³-hybridized carbons (Fsp3) is 0.235. The van der Waals surface area contributed by atoms with Crippen LogP contribution < -0.4 is 33.8 Å². The molecule has 2 heterocycles. The molecule has 0 radical (unpaired) electrons. The highest BCUT2D eigenvalue weighted by molar-refractivity contribution is 14.1. The first-order chi connectivity index (χ1) is 22.2. The maximum absolute atomic E-state index is 14.2. The lowest BCUT2D eigenvalue weighted by Crippen LogP contribution is -2.40. The fourth-order valence-corrected chi connectivity index (χ4v) is 6.99. The van der Waals surface area contributed by atoms with Crippen LogP contribution in [-0.4, -0.2) is 38.5 Å². The van der Waals surface area contributed by atoms with Gasteiger partial charge in [0.05, 0.1) is 58.9 Å². The predicted octanol–water partition coefficient (Wildman–Crippen LogP) is 4.88. The summed E-state index contributed by atoms with van der Waals surface area (Å²) in [5.41, 5.74) is 2.90. The smallest absolute Gasteiger partial charge is 0.338 e. The maximum atomic E-state index is 14.2. The summed E-state index contributed by atoms with van der Waals surface area (Å²) >= 11 is 3.37. The van der Waals surface area contributed by atoms with Crippen LogP contribution in [0.1, 0.15) is 42.1 Å². The SMILES string of the molecule is CCOC(=O)C1=C(C)N=c2s/c(=C/c3cc(I)c(OCc4ccccc4C#N)c(OC)c3)c(=O)n2[C@@H]1c1cc(OC)ccc1OC. The lowest BCUT2D eigenvalue weighted by atomic mass is 9.94. The summed E-state index contributed by atoms with van der Waals surface area (Å²) in [4.78, 5) is 32.6. The van der Waals surface area contributed by atoms with Crippen LogP contribution in [0.4, 0.5) is 0 Å². The number of aromatic nitrogens is 1. The zero-order chi connectivity index (χ0) is 33.0. The van der Waals surface area contributed by atoms with E-state index >= 15 is 0 Å². The largest absolute Gasteiger partial charge is 0.497 e. The van der Waals surface area contributed by atoms with E-state index in [1.807, 2.05) is 18.2 Å². The molecule has 0 spiro atoms. The number of nitriles is 1. The van der Waals surface area contributed by atoms with Gasteiger partial charge in [-0.25, -0.2) is 9.79 Å². The van der Waals surface area contributed by atoms with Crippen LogP contribution in [0.3, 0.4) is 0 Å². The minimum absolute atomic E-state index is 0.160. The molecule has 0 fully saturated rings. The molecule has 46 heavy (non-hydrogen) atoms. The Morgan fingerprint density at radius 2 is 1.85 bits per heavy atom. The van der Waals surface area contributed by atoms with Crippen molar-refractivity contribution in [3.63, 3.8) is 0 Å². The molecule has 0 N–H and O–H groups in total. The molecule has 12 heteroatoms. The molecule has 0 amide bonds. The number of methoxy groups -OCH3 is 3. The number of thiazole rings is 1. The summed E-state index contributed by atoms with van der Waals surface area (Å²) in [6.45, 7) is 3.79. The van der Waals surface area contributed by atoms with E-state index in [4.69, 9.17) is 23.7 Å². The van der Waals surface area contributed by atoms with Gasteiger partial charge in [0.2, 0.25) is 0 Å². The summed E-state index contributed by atoms with van der Waals surface area (Å²) in [5, 5.41) is 9.44. The van der Waals surface area contributed by atoms with Gasteiger partial charge in [-0.1, -0.05) is 29.5 Å². The van der Waals surface area contributed by atoms with Gasteiger partial charge in [-0.15, -0.1) is 0 Å². The number of rotatable bonds is 10. The maximum Gasteiger partial charge on any atom is 0.338 e. The van der Waals surface area contributed by atoms with E-state index in [0.717, 1.165) is 9.13 Å². The van der Waals surface area contributed by atoms with Crippen molar-refractivity contribution < 1.29 is 28.5 Å². The molecule has 236 valence electrons. The Balaban J connectivity index is 1.62. The first-order valence-electron chi connectivity index (χ1n) is 14.1. The van der Waals surface area contributed by atoms with Crippen LogP contribution in [0.5, 0.6) is 23.0 Å². The van der Waals surface area contributed by atoms with Crippen LogP contribution in [0.25, 0.3) is 6.08 Å². The molecule has 0 saturated heterocycles. The van der Waals surface area contributed by atoms with Crippen molar-refractivity contribution in [3.05, 3.63) is 111 Å². The lowest BCUT2D eigenvalue weighted by molar-refractivity contribution is -0.139. The predicted molar refractivity (Wildman–Crippen MR) is 181 cm³/mol. The van der Waals surface area contributed by atoms with E-state index in [0.29, 0.717) is 54.7 Å². The topological polar surface area (TPSA) is 121 Å². The van der Waals surface area contributed by atoms with E-state index in [2.05, 4.69) is 33.7 Å². The zero-order valence-corrected chi connectivity index (χ0v) is 28.7. The van der Waals surface area contributed by atoms with Gasteiger partial charge >= 0.3 is 5.97 Å². The Labute approximate surface area is 282 Å². The number of ether oxygens (including phenoxy) is 5. The Bertz CT molecular complexity index is 2080. The first-order valence-corrected chi connectivity index (χ1v) is 16.0. The van der Waals surface area contributed by atoms with Gasteiger partial charge < -0.3 is 23.7 Å². The molecular formula is C34H30IN3O7S. The standard InChI is InChI=1S/C34H30IN3O7S/c1-6-44-33(40)29-19(2)37-34-38(30(29)24-16-23(41-3)11-12-26(24)42-4)32(39)28(46-34)15-20-13-25(35)31(27(14-20)43-5)45-18-22-10-8-7-9-21(22)17-36/h7-16,30H,6,18H2,1-5H3/b28-15+/t30-/m1/s1. The van der Waals surface area contributed by atoms with Gasteiger partial charge in [0.1, 0.15) is 24.1 Å². The second-order valence-corrected chi connectivity index (χ2v) is 12.2. The molecule has 0 unspecified atom stereocenters. The molecule has 3 aromatic carbocycles.